The van der Waals surface area contributed by atoms with Crippen LogP contribution in [0.25, 0.3) is 0 Å². The van der Waals surface area contributed by atoms with E-state index in [1.54, 1.807) is 12.1 Å². The fourth-order valence-electron chi connectivity index (χ4n) is 2.69. The van der Waals surface area contributed by atoms with Gasteiger partial charge in [-0.3, -0.25) is 4.79 Å². The van der Waals surface area contributed by atoms with Gasteiger partial charge >= 0.3 is 0 Å². The first-order chi connectivity index (χ1) is 10.3. The number of ether oxygens (including phenoxy) is 1. The van der Waals surface area contributed by atoms with Crippen LogP contribution in [0.2, 0.25) is 0 Å². The maximum Gasteiger partial charge on any atom is 0.251 e. The molecule has 3 heterocycles. The van der Waals surface area contributed by atoms with E-state index in [4.69, 9.17) is 10.00 Å². The third-order valence-electron chi connectivity index (χ3n) is 3.89. The van der Waals surface area contributed by atoms with E-state index in [0.29, 0.717) is 25.4 Å². The number of rotatable bonds is 2. The summed E-state index contributed by atoms with van der Waals surface area (Å²) in [5.41, 5.74) is 0.311. The molecule has 1 amide bonds. The van der Waals surface area contributed by atoms with E-state index in [0.717, 1.165) is 31.7 Å². The predicted molar refractivity (Wildman–Crippen MR) is 74.5 cm³/mol. The Morgan fingerprint density at radius 3 is 2.67 bits per heavy atom. The molecule has 2 fully saturated rings. The lowest BCUT2D eigenvalue weighted by Gasteiger charge is -2.36. The quantitative estimate of drug-likeness (QED) is 0.771. The second-order valence-corrected chi connectivity index (χ2v) is 5.20. The Labute approximate surface area is 123 Å². The minimum absolute atomic E-state index is 0.109. The van der Waals surface area contributed by atoms with Crippen LogP contribution in [0, 0.1) is 11.3 Å². The number of amides is 1. The fourth-order valence-corrected chi connectivity index (χ4v) is 2.69. The monoisotopic (exact) mass is 287 g/mol. The fraction of sp³-hybridized carbons (Fsp3) is 0.571. The van der Waals surface area contributed by atoms with Crippen molar-refractivity contribution in [3.63, 3.8) is 0 Å². The summed E-state index contributed by atoms with van der Waals surface area (Å²) in [4.78, 5) is 16.2. The standard InChI is InChI=1S/C14H17N5O2/c15-10-11-3-4-13(17-16-11)18-5-7-19(8-6-18)14(20)12-2-1-9-21-12/h3-4,12H,1-2,5-9H2. The summed E-state index contributed by atoms with van der Waals surface area (Å²) in [6, 6.07) is 5.41. The highest BCUT2D eigenvalue weighted by molar-refractivity contribution is 5.81. The number of carbonyl (C=O) groups excluding carboxylic acids is 1. The zero-order valence-electron chi connectivity index (χ0n) is 11.7. The molecule has 0 bridgehead atoms. The van der Waals surface area contributed by atoms with E-state index in [1.165, 1.54) is 0 Å². The molecule has 0 N–H and O–H groups in total. The molecule has 0 aliphatic carbocycles. The van der Waals surface area contributed by atoms with E-state index < -0.39 is 0 Å². The molecule has 7 heteroatoms. The normalized spacial score (nSPS) is 22.1. The average Bonchev–Trinajstić information content (AvgIpc) is 3.09. The van der Waals surface area contributed by atoms with E-state index >= 15 is 0 Å². The molecule has 2 aliphatic rings. The average molecular weight is 287 g/mol. The summed E-state index contributed by atoms with van der Waals surface area (Å²) < 4.78 is 5.45. The Hall–Kier alpha value is -2.20. The number of hydrogen-bond donors (Lipinski definition) is 0. The van der Waals surface area contributed by atoms with Crippen molar-refractivity contribution in [2.75, 3.05) is 37.7 Å². The molecule has 7 nitrogen and oxygen atoms in total. The van der Waals surface area contributed by atoms with Gasteiger partial charge in [-0.25, -0.2) is 0 Å². The number of carbonyl (C=O) groups is 1. The van der Waals surface area contributed by atoms with Gasteiger partial charge in [-0.1, -0.05) is 0 Å². The topological polar surface area (TPSA) is 82.4 Å². The van der Waals surface area contributed by atoms with E-state index in [1.807, 2.05) is 11.0 Å². The highest BCUT2D eigenvalue weighted by Gasteiger charge is 2.30. The van der Waals surface area contributed by atoms with E-state index in [-0.39, 0.29) is 12.0 Å². The Bertz CT molecular complexity index is 539. The number of hydrogen-bond acceptors (Lipinski definition) is 6. The molecule has 2 saturated heterocycles. The molecule has 0 radical (unpaired) electrons. The van der Waals surface area contributed by atoms with Gasteiger partial charge in [0.2, 0.25) is 0 Å². The third kappa shape index (κ3) is 2.95. The van der Waals surface area contributed by atoms with Crippen molar-refractivity contribution in [2.45, 2.75) is 18.9 Å². The molecule has 1 unspecified atom stereocenters. The van der Waals surface area contributed by atoms with Crippen molar-refractivity contribution in [1.29, 1.82) is 5.26 Å². The van der Waals surface area contributed by atoms with Gasteiger partial charge in [-0.15, -0.1) is 10.2 Å². The lowest BCUT2D eigenvalue weighted by atomic mass is 10.2. The number of nitriles is 1. The number of aromatic nitrogens is 2. The molecule has 2 aliphatic heterocycles. The lowest BCUT2D eigenvalue weighted by Crippen LogP contribution is -2.51. The zero-order chi connectivity index (χ0) is 14.7. The van der Waals surface area contributed by atoms with Crippen LogP contribution >= 0.6 is 0 Å². The molecule has 0 aromatic carbocycles. The Balaban J connectivity index is 1.57. The Morgan fingerprint density at radius 2 is 2.10 bits per heavy atom. The van der Waals surface area contributed by atoms with Crippen LogP contribution in [0.15, 0.2) is 12.1 Å². The molecular weight excluding hydrogens is 270 g/mol. The number of piperazine rings is 1. The van der Waals surface area contributed by atoms with Crippen LogP contribution in [0.4, 0.5) is 5.82 Å². The summed E-state index contributed by atoms with van der Waals surface area (Å²) in [5.74, 6) is 0.858. The summed E-state index contributed by atoms with van der Waals surface area (Å²) in [6.07, 6.45) is 1.56. The van der Waals surface area contributed by atoms with Crippen LogP contribution in [0.3, 0.4) is 0 Å². The maximum absolute atomic E-state index is 12.2. The summed E-state index contributed by atoms with van der Waals surface area (Å²) in [6.45, 7) is 3.47. The van der Waals surface area contributed by atoms with Crippen molar-refractivity contribution in [3.05, 3.63) is 17.8 Å². The van der Waals surface area contributed by atoms with Crippen molar-refractivity contribution >= 4 is 11.7 Å². The summed E-state index contributed by atoms with van der Waals surface area (Å²) in [7, 11) is 0. The zero-order valence-corrected chi connectivity index (χ0v) is 11.7. The smallest absolute Gasteiger partial charge is 0.251 e. The van der Waals surface area contributed by atoms with Crippen molar-refractivity contribution < 1.29 is 9.53 Å². The highest BCUT2D eigenvalue weighted by atomic mass is 16.5. The van der Waals surface area contributed by atoms with Gasteiger partial charge in [0, 0.05) is 32.8 Å². The minimum Gasteiger partial charge on any atom is -0.368 e. The Morgan fingerprint density at radius 1 is 1.29 bits per heavy atom. The van der Waals surface area contributed by atoms with Crippen LogP contribution in [-0.2, 0) is 9.53 Å². The van der Waals surface area contributed by atoms with E-state index in [9.17, 15) is 4.79 Å². The van der Waals surface area contributed by atoms with Crippen LogP contribution in [-0.4, -0.2) is 59.9 Å². The largest absolute Gasteiger partial charge is 0.368 e. The summed E-state index contributed by atoms with van der Waals surface area (Å²) in [5, 5.41) is 16.6. The van der Waals surface area contributed by atoms with Gasteiger partial charge in [0.1, 0.15) is 12.2 Å². The van der Waals surface area contributed by atoms with E-state index in [2.05, 4.69) is 15.1 Å². The molecule has 21 heavy (non-hydrogen) atoms. The van der Waals surface area contributed by atoms with Gasteiger partial charge in [0.05, 0.1) is 0 Å². The Kier molecular flexibility index (Phi) is 3.97. The molecule has 0 spiro atoms. The number of anilines is 1. The lowest BCUT2D eigenvalue weighted by molar-refractivity contribution is -0.141. The van der Waals surface area contributed by atoms with Gasteiger partial charge in [-0.2, -0.15) is 5.26 Å². The third-order valence-corrected chi connectivity index (χ3v) is 3.89. The molecule has 110 valence electrons. The second-order valence-electron chi connectivity index (χ2n) is 5.20. The predicted octanol–water partition coefficient (Wildman–Crippen LogP) is 0.176. The molecular formula is C14H17N5O2. The minimum atomic E-state index is -0.244. The first-order valence-electron chi connectivity index (χ1n) is 7.17. The highest BCUT2D eigenvalue weighted by Crippen LogP contribution is 2.17. The molecule has 0 saturated carbocycles. The van der Waals surface area contributed by atoms with Crippen molar-refractivity contribution in [1.82, 2.24) is 15.1 Å². The second kappa shape index (κ2) is 6.06. The first-order valence-corrected chi connectivity index (χ1v) is 7.17. The van der Waals surface area contributed by atoms with Crippen LogP contribution in [0.5, 0.6) is 0 Å². The first kappa shape index (κ1) is 13.8. The van der Waals surface area contributed by atoms with Crippen LogP contribution < -0.4 is 4.90 Å². The summed E-state index contributed by atoms with van der Waals surface area (Å²) >= 11 is 0. The van der Waals surface area contributed by atoms with Crippen molar-refractivity contribution in [2.24, 2.45) is 0 Å². The SMILES string of the molecule is N#Cc1ccc(N2CCN(C(=O)C3CCCO3)CC2)nn1. The van der Waals surface area contributed by atoms with Gasteiger partial charge in [0.25, 0.3) is 5.91 Å². The molecule has 1 atom stereocenters. The van der Waals surface area contributed by atoms with Crippen LogP contribution in [0.1, 0.15) is 18.5 Å². The maximum atomic E-state index is 12.2. The van der Waals surface area contributed by atoms with Crippen molar-refractivity contribution in [3.8, 4) is 6.07 Å². The molecule has 3 rings (SSSR count). The molecule has 1 aromatic rings. The molecule has 1 aromatic heterocycles. The van der Waals surface area contributed by atoms with Gasteiger partial charge in [-0.05, 0) is 25.0 Å². The number of nitrogens with zero attached hydrogens (tertiary/aromatic N) is 5. The van der Waals surface area contributed by atoms with Gasteiger partial charge < -0.3 is 14.5 Å². The van der Waals surface area contributed by atoms with Gasteiger partial charge in [0.15, 0.2) is 11.5 Å².